The maximum atomic E-state index is 13.3. The van der Waals surface area contributed by atoms with Crippen molar-refractivity contribution >= 4 is 34.4 Å². The zero-order valence-electron chi connectivity index (χ0n) is 22.2. The lowest BCUT2D eigenvalue weighted by molar-refractivity contribution is -0.112. The molecule has 0 bridgehead atoms. The van der Waals surface area contributed by atoms with E-state index in [0.717, 1.165) is 12.8 Å². The molecule has 2 heterocycles. The Kier molecular flexibility index (Phi) is 7.86. The number of anilines is 1. The van der Waals surface area contributed by atoms with Gasteiger partial charge in [-0.1, -0.05) is 0 Å². The number of fused-ring (bicyclic) bond motifs is 1. The van der Waals surface area contributed by atoms with Crippen molar-refractivity contribution in [2.75, 3.05) is 19.5 Å². The van der Waals surface area contributed by atoms with E-state index in [1.54, 1.807) is 50.7 Å². The van der Waals surface area contributed by atoms with Crippen LogP contribution in [0, 0.1) is 11.2 Å². The zero-order chi connectivity index (χ0) is 28.9. The van der Waals surface area contributed by atoms with Crippen LogP contribution in [0.25, 0.3) is 10.9 Å². The van der Waals surface area contributed by atoms with Crippen LogP contribution in [-0.2, 0) is 4.79 Å². The van der Waals surface area contributed by atoms with E-state index in [1.165, 1.54) is 36.7 Å². The third kappa shape index (κ3) is 6.30. The molecule has 0 atom stereocenters. The summed E-state index contributed by atoms with van der Waals surface area (Å²) < 4.78 is 30.0. The number of aliphatic hydroxyl groups excluding tert-OH is 1. The molecular weight excluding hydrogens is 529 g/mol. The van der Waals surface area contributed by atoms with Gasteiger partial charge in [0.05, 0.1) is 37.7 Å². The first kappa shape index (κ1) is 27.3. The lowest BCUT2D eigenvalue weighted by Crippen LogP contribution is -2.20. The van der Waals surface area contributed by atoms with Gasteiger partial charge in [-0.05, 0) is 55.3 Å². The summed E-state index contributed by atoms with van der Waals surface area (Å²) in [6, 6.07) is 13.5. The van der Waals surface area contributed by atoms with Crippen molar-refractivity contribution in [2.24, 2.45) is 4.99 Å². The molecule has 0 unspecified atom stereocenters. The number of carbonyl (C=O) groups is 1. The predicted molar refractivity (Wildman–Crippen MR) is 152 cm³/mol. The predicted octanol–water partition coefficient (Wildman–Crippen LogP) is 5.63. The van der Waals surface area contributed by atoms with Crippen molar-refractivity contribution in [3.8, 4) is 23.1 Å². The Hall–Kier alpha value is -5.32. The van der Waals surface area contributed by atoms with Gasteiger partial charge in [-0.3, -0.25) is 20.2 Å². The average molecular weight is 556 g/mol. The van der Waals surface area contributed by atoms with E-state index in [4.69, 9.17) is 19.6 Å². The van der Waals surface area contributed by atoms with Crippen molar-refractivity contribution in [3.05, 3.63) is 89.7 Å². The van der Waals surface area contributed by atoms with Crippen LogP contribution in [0.2, 0.25) is 0 Å². The number of aromatic nitrogens is 2. The molecule has 0 saturated heterocycles. The quantitative estimate of drug-likeness (QED) is 0.131. The summed E-state index contributed by atoms with van der Waals surface area (Å²) in [6.07, 6.45) is 6.05. The van der Waals surface area contributed by atoms with E-state index in [9.17, 15) is 14.3 Å². The molecule has 4 aromatic rings. The number of carbonyl (C=O) groups excluding carboxylic acids is 1. The van der Waals surface area contributed by atoms with Crippen LogP contribution in [0.15, 0.2) is 83.3 Å². The second-order valence-corrected chi connectivity index (χ2v) is 9.13. The molecule has 208 valence electrons. The number of allylic oxidation sites excluding steroid dienone is 1. The molecular formula is C30H26FN5O5. The third-order valence-electron chi connectivity index (χ3n) is 6.25. The minimum atomic E-state index is -0.685. The molecule has 0 radical (unpaired) electrons. The van der Waals surface area contributed by atoms with E-state index in [0.29, 0.717) is 33.8 Å². The van der Waals surface area contributed by atoms with Gasteiger partial charge in [0.2, 0.25) is 5.88 Å². The van der Waals surface area contributed by atoms with Gasteiger partial charge in [-0.2, -0.15) is 0 Å². The number of nitrogens with one attached hydrogen (secondary N) is 2. The third-order valence-corrected chi connectivity index (χ3v) is 6.25. The van der Waals surface area contributed by atoms with Crippen LogP contribution in [-0.4, -0.2) is 53.2 Å². The summed E-state index contributed by atoms with van der Waals surface area (Å²) in [5, 5.41) is 22.5. The van der Waals surface area contributed by atoms with Crippen LogP contribution in [0.5, 0.6) is 23.1 Å². The average Bonchev–Trinajstić information content (AvgIpc) is 3.82. The highest BCUT2D eigenvalue weighted by Crippen LogP contribution is 2.36. The molecule has 2 aromatic heterocycles. The van der Waals surface area contributed by atoms with Crippen LogP contribution >= 0.6 is 0 Å². The number of benzene rings is 2. The summed E-state index contributed by atoms with van der Waals surface area (Å²) in [5.74, 6) is 0.0722. The van der Waals surface area contributed by atoms with E-state index < -0.39 is 17.5 Å². The second-order valence-electron chi connectivity index (χ2n) is 9.13. The molecule has 5 rings (SSSR count). The van der Waals surface area contributed by atoms with Crippen molar-refractivity contribution in [1.82, 2.24) is 9.97 Å². The number of rotatable bonds is 10. The number of ether oxygens (including phenoxy) is 3. The molecule has 0 spiro atoms. The van der Waals surface area contributed by atoms with Crippen LogP contribution in [0.4, 0.5) is 10.1 Å². The highest BCUT2D eigenvalue weighted by atomic mass is 19.1. The highest BCUT2D eigenvalue weighted by Gasteiger charge is 2.23. The monoisotopic (exact) mass is 555 g/mol. The van der Waals surface area contributed by atoms with Gasteiger partial charge in [0.15, 0.2) is 17.3 Å². The van der Waals surface area contributed by atoms with Gasteiger partial charge in [-0.15, -0.1) is 0 Å². The molecule has 1 saturated carbocycles. The maximum absolute atomic E-state index is 13.3. The fourth-order valence-electron chi connectivity index (χ4n) is 3.88. The van der Waals surface area contributed by atoms with Crippen molar-refractivity contribution in [1.29, 1.82) is 5.41 Å². The number of hydrogen-bond acceptors (Lipinski definition) is 9. The molecule has 1 aliphatic rings. The van der Waals surface area contributed by atoms with Crippen LogP contribution in [0.3, 0.4) is 0 Å². The van der Waals surface area contributed by atoms with Gasteiger partial charge >= 0.3 is 0 Å². The topological polar surface area (TPSA) is 139 Å². The molecule has 11 heteroatoms. The number of nitrogens with zero attached hydrogens (tertiary/aromatic N) is 3. The van der Waals surface area contributed by atoms with Crippen molar-refractivity contribution in [3.63, 3.8) is 0 Å². The molecule has 1 aliphatic carbocycles. The Bertz CT molecular complexity index is 1670. The normalized spacial score (nSPS) is 13.5. The Morgan fingerprint density at radius 1 is 1.05 bits per heavy atom. The molecule has 1 fully saturated rings. The van der Waals surface area contributed by atoms with Gasteiger partial charge in [0, 0.05) is 35.5 Å². The number of halogens is 1. The first-order chi connectivity index (χ1) is 19.9. The molecule has 0 aliphatic heterocycles. The largest absolute Gasteiger partial charge is 0.505 e. The Morgan fingerprint density at radius 2 is 1.78 bits per heavy atom. The fraction of sp³-hybridized carbons (Fsp3) is 0.167. The number of methoxy groups -OCH3 is 2. The lowest BCUT2D eigenvalue weighted by atomic mass is 10.0. The number of aliphatic imine (C=N–C) groups is 1. The van der Waals surface area contributed by atoms with Gasteiger partial charge in [0.1, 0.15) is 22.9 Å². The summed E-state index contributed by atoms with van der Waals surface area (Å²) in [7, 11) is 3.09. The minimum absolute atomic E-state index is 0.0778. The Balaban J connectivity index is 1.35. The molecule has 41 heavy (non-hydrogen) atoms. The number of amides is 1. The van der Waals surface area contributed by atoms with E-state index in [1.807, 2.05) is 0 Å². The number of aliphatic hydroxyl groups is 1. The summed E-state index contributed by atoms with van der Waals surface area (Å²) in [6.45, 7) is 0. The summed E-state index contributed by atoms with van der Waals surface area (Å²) >= 11 is 0. The van der Waals surface area contributed by atoms with Crippen molar-refractivity contribution < 1.29 is 28.5 Å². The van der Waals surface area contributed by atoms with E-state index in [-0.39, 0.29) is 28.8 Å². The van der Waals surface area contributed by atoms with Crippen molar-refractivity contribution in [2.45, 2.75) is 18.9 Å². The first-order valence-corrected chi connectivity index (χ1v) is 12.6. The molecule has 2 aromatic carbocycles. The summed E-state index contributed by atoms with van der Waals surface area (Å²) in [4.78, 5) is 26.1. The highest BCUT2D eigenvalue weighted by molar-refractivity contribution is 6.24. The number of hydrogen-bond donors (Lipinski definition) is 3. The minimum Gasteiger partial charge on any atom is -0.505 e. The SMILES string of the molecule is COc1cc2nccc(Oc3ccc(NC(=O)C(C=NC4CC4)=C(O)C(=N)c4ccc(F)cc4)cn3)c2cc1OC. The van der Waals surface area contributed by atoms with Gasteiger partial charge in [0.25, 0.3) is 5.91 Å². The number of pyridine rings is 2. The first-order valence-electron chi connectivity index (χ1n) is 12.6. The van der Waals surface area contributed by atoms with Crippen LogP contribution < -0.4 is 19.5 Å². The fourth-order valence-corrected chi connectivity index (χ4v) is 3.88. The summed E-state index contributed by atoms with van der Waals surface area (Å²) in [5.41, 5.74) is 0.683. The Morgan fingerprint density at radius 3 is 2.44 bits per heavy atom. The van der Waals surface area contributed by atoms with Gasteiger partial charge in [-0.25, -0.2) is 9.37 Å². The van der Waals surface area contributed by atoms with Crippen LogP contribution in [0.1, 0.15) is 18.4 Å². The van der Waals surface area contributed by atoms with Gasteiger partial charge < -0.3 is 24.6 Å². The lowest BCUT2D eigenvalue weighted by Gasteiger charge is -2.12. The van der Waals surface area contributed by atoms with E-state index in [2.05, 4.69) is 20.3 Å². The molecule has 1 amide bonds. The van der Waals surface area contributed by atoms with E-state index >= 15 is 0 Å². The second kappa shape index (κ2) is 11.8. The smallest absolute Gasteiger partial charge is 0.261 e. The molecule has 3 N–H and O–H groups in total. The standard InChI is InChI=1S/C30H26FN5O5/c1-39-25-13-21-23(14-26(25)40-2)33-12-11-24(21)41-27-10-9-20(15-35-27)36-30(38)22(16-34-19-7-8-19)29(37)28(32)17-3-5-18(31)6-4-17/h3-6,9-16,19,32,37H,7-8H2,1-2H3,(H,36,38). The molecule has 10 nitrogen and oxygen atoms in total. The Labute approximate surface area is 234 Å². The zero-order valence-corrected chi connectivity index (χ0v) is 22.2. The maximum Gasteiger partial charge on any atom is 0.261 e.